The van der Waals surface area contributed by atoms with Crippen molar-refractivity contribution in [1.29, 1.82) is 0 Å². The Kier molecular flexibility index (Phi) is 4.60. The fraction of sp³-hybridized carbons (Fsp3) is 0.300. The third kappa shape index (κ3) is 3.16. The number of nitro benzene ring substituents is 1. The molecular weight excluding hydrogens is 313 g/mol. The van der Waals surface area contributed by atoms with Crippen molar-refractivity contribution in [3.05, 3.63) is 32.5 Å². The molecule has 0 bridgehead atoms. The van der Waals surface area contributed by atoms with Gasteiger partial charge >= 0.3 is 11.7 Å². The van der Waals surface area contributed by atoms with Crippen LogP contribution in [-0.4, -0.2) is 22.1 Å². The highest BCUT2D eigenvalue weighted by Crippen LogP contribution is 2.33. The van der Waals surface area contributed by atoms with Crippen molar-refractivity contribution in [3.63, 3.8) is 0 Å². The lowest BCUT2D eigenvalue weighted by molar-refractivity contribution is -0.386. The molecule has 0 amide bonds. The van der Waals surface area contributed by atoms with Crippen LogP contribution in [0, 0.1) is 15.9 Å². The van der Waals surface area contributed by atoms with Crippen molar-refractivity contribution >= 4 is 27.6 Å². The third-order valence-corrected chi connectivity index (χ3v) is 2.72. The molecular formula is C10H9BrFNO5. The molecule has 1 rings (SSSR count). The highest BCUT2D eigenvalue weighted by atomic mass is 79.9. The third-order valence-electron chi connectivity index (χ3n) is 2.11. The van der Waals surface area contributed by atoms with Crippen molar-refractivity contribution < 1.29 is 24.0 Å². The number of carbonyl (C=O) groups is 1. The van der Waals surface area contributed by atoms with Gasteiger partial charge in [0, 0.05) is 12.1 Å². The van der Waals surface area contributed by atoms with E-state index in [0.29, 0.717) is 0 Å². The van der Waals surface area contributed by atoms with Gasteiger partial charge in [-0.1, -0.05) is 6.92 Å². The topological polar surface area (TPSA) is 89.7 Å². The Labute approximate surface area is 110 Å². The maximum absolute atomic E-state index is 13.3. The maximum Gasteiger partial charge on any atom is 0.344 e. The van der Waals surface area contributed by atoms with Crippen LogP contribution in [0.5, 0.6) is 5.75 Å². The molecule has 8 heteroatoms. The fourth-order valence-corrected chi connectivity index (χ4v) is 1.55. The van der Waals surface area contributed by atoms with Crippen LogP contribution >= 0.6 is 15.9 Å². The lowest BCUT2D eigenvalue weighted by atomic mass is 10.2. The van der Waals surface area contributed by atoms with E-state index in [1.165, 1.54) is 0 Å². The number of hydrogen-bond donors (Lipinski definition) is 1. The van der Waals surface area contributed by atoms with E-state index >= 15 is 0 Å². The lowest BCUT2D eigenvalue weighted by Crippen LogP contribution is -2.26. The van der Waals surface area contributed by atoms with E-state index in [2.05, 4.69) is 15.9 Å². The van der Waals surface area contributed by atoms with Gasteiger partial charge in [0.1, 0.15) is 5.82 Å². The number of benzene rings is 1. The molecule has 0 radical (unpaired) electrons. The number of hydrogen-bond acceptors (Lipinski definition) is 4. The van der Waals surface area contributed by atoms with Crippen LogP contribution in [-0.2, 0) is 4.79 Å². The van der Waals surface area contributed by atoms with Gasteiger partial charge in [-0.3, -0.25) is 10.1 Å². The smallest absolute Gasteiger partial charge is 0.344 e. The van der Waals surface area contributed by atoms with Crippen molar-refractivity contribution in [2.75, 3.05) is 0 Å². The Morgan fingerprint density at radius 2 is 2.28 bits per heavy atom. The SMILES string of the molecule is CCC(Oc1cc(F)c(Br)cc1[N+](=O)[O-])C(=O)O. The lowest BCUT2D eigenvalue weighted by Gasteiger charge is -2.13. The summed E-state index contributed by atoms with van der Waals surface area (Å²) in [6.45, 7) is 1.54. The van der Waals surface area contributed by atoms with Gasteiger partial charge in [0.25, 0.3) is 0 Å². The average Bonchev–Trinajstić information content (AvgIpc) is 2.29. The zero-order chi connectivity index (χ0) is 13.9. The van der Waals surface area contributed by atoms with E-state index in [1.54, 1.807) is 6.92 Å². The number of carboxylic acid groups (broad SMARTS) is 1. The van der Waals surface area contributed by atoms with E-state index in [4.69, 9.17) is 9.84 Å². The molecule has 1 aromatic rings. The molecule has 0 saturated carbocycles. The number of halogens is 2. The van der Waals surface area contributed by atoms with E-state index in [9.17, 15) is 19.3 Å². The van der Waals surface area contributed by atoms with E-state index < -0.39 is 34.3 Å². The van der Waals surface area contributed by atoms with Gasteiger partial charge in [-0.15, -0.1) is 0 Å². The normalized spacial score (nSPS) is 11.9. The molecule has 0 aliphatic carbocycles. The molecule has 6 nitrogen and oxygen atoms in total. The van der Waals surface area contributed by atoms with Crippen LogP contribution in [0.2, 0.25) is 0 Å². The summed E-state index contributed by atoms with van der Waals surface area (Å²) < 4.78 is 18.1. The Bertz CT molecular complexity index is 493. The van der Waals surface area contributed by atoms with E-state index in [1.807, 2.05) is 0 Å². The summed E-state index contributed by atoms with van der Waals surface area (Å²) in [6.07, 6.45) is -1.16. The molecule has 1 atom stereocenters. The molecule has 98 valence electrons. The summed E-state index contributed by atoms with van der Waals surface area (Å²) in [5, 5.41) is 19.5. The Morgan fingerprint density at radius 1 is 1.67 bits per heavy atom. The second-order valence-electron chi connectivity index (χ2n) is 3.34. The number of aliphatic carboxylic acids is 1. The van der Waals surface area contributed by atoms with Gasteiger partial charge in [0.15, 0.2) is 6.10 Å². The summed E-state index contributed by atoms with van der Waals surface area (Å²) in [4.78, 5) is 20.8. The van der Waals surface area contributed by atoms with Gasteiger partial charge in [0.2, 0.25) is 5.75 Å². The highest BCUT2D eigenvalue weighted by Gasteiger charge is 2.24. The average molecular weight is 322 g/mol. The summed E-state index contributed by atoms with van der Waals surface area (Å²) in [5.74, 6) is -2.44. The second kappa shape index (κ2) is 5.76. The Morgan fingerprint density at radius 3 is 2.72 bits per heavy atom. The van der Waals surface area contributed by atoms with E-state index in [0.717, 1.165) is 12.1 Å². The molecule has 0 aromatic heterocycles. The van der Waals surface area contributed by atoms with Crippen molar-refractivity contribution in [2.45, 2.75) is 19.4 Å². The predicted molar refractivity (Wildman–Crippen MR) is 63.1 cm³/mol. The van der Waals surface area contributed by atoms with E-state index in [-0.39, 0.29) is 10.9 Å². The molecule has 0 fully saturated rings. The largest absolute Gasteiger partial charge is 0.479 e. The number of nitrogens with zero attached hydrogens (tertiary/aromatic N) is 1. The van der Waals surface area contributed by atoms with Crippen molar-refractivity contribution in [2.24, 2.45) is 0 Å². The van der Waals surface area contributed by atoms with Gasteiger partial charge in [-0.2, -0.15) is 0 Å². The molecule has 1 N–H and O–H groups in total. The molecule has 0 spiro atoms. The molecule has 0 aliphatic rings. The first kappa shape index (κ1) is 14.4. The minimum atomic E-state index is -1.27. The molecule has 18 heavy (non-hydrogen) atoms. The van der Waals surface area contributed by atoms with Gasteiger partial charge in [-0.25, -0.2) is 9.18 Å². The Hall–Kier alpha value is -1.70. The standard InChI is InChI=1S/C10H9BrFNO5/c1-2-8(10(14)15)18-9-4-6(12)5(11)3-7(9)13(16)17/h3-4,8H,2H2,1H3,(H,14,15). The van der Waals surface area contributed by atoms with Gasteiger partial charge in [0.05, 0.1) is 9.40 Å². The summed E-state index contributed by atoms with van der Waals surface area (Å²) in [5.41, 5.74) is -0.497. The first-order chi connectivity index (χ1) is 8.36. The van der Waals surface area contributed by atoms with Crippen LogP contribution in [0.3, 0.4) is 0 Å². The monoisotopic (exact) mass is 321 g/mol. The van der Waals surface area contributed by atoms with Crippen LogP contribution in [0.1, 0.15) is 13.3 Å². The first-order valence-electron chi connectivity index (χ1n) is 4.89. The summed E-state index contributed by atoms with van der Waals surface area (Å²) >= 11 is 2.81. The molecule has 1 aromatic carbocycles. The number of rotatable bonds is 5. The zero-order valence-electron chi connectivity index (χ0n) is 9.22. The zero-order valence-corrected chi connectivity index (χ0v) is 10.8. The first-order valence-corrected chi connectivity index (χ1v) is 5.69. The van der Waals surface area contributed by atoms with Crippen molar-refractivity contribution in [1.82, 2.24) is 0 Å². The van der Waals surface area contributed by atoms with Crippen LogP contribution in [0.4, 0.5) is 10.1 Å². The highest BCUT2D eigenvalue weighted by molar-refractivity contribution is 9.10. The van der Waals surface area contributed by atoms with Crippen LogP contribution in [0.15, 0.2) is 16.6 Å². The number of ether oxygens (including phenoxy) is 1. The molecule has 0 heterocycles. The molecule has 1 unspecified atom stereocenters. The molecule has 0 aliphatic heterocycles. The maximum atomic E-state index is 13.3. The second-order valence-corrected chi connectivity index (χ2v) is 4.20. The molecule has 0 saturated heterocycles. The number of nitro groups is 1. The minimum absolute atomic E-state index is 0.0927. The van der Waals surface area contributed by atoms with Gasteiger partial charge < -0.3 is 9.84 Å². The van der Waals surface area contributed by atoms with Crippen molar-refractivity contribution in [3.8, 4) is 5.75 Å². The fourth-order valence-electron chi connectivity index (χ4n) is 1.22. The summed E-state index contributed by atoms with van der Waals surface area (Å²) in [7, 11) is 0. The van der Waals surface area contributed by atoms with Gasteiger partial charge in [-0.05, 0) is 22.4 Å². The predicted octanol–water partition coefficient (Wildman–Crippen LogP) is 2.74. The van der Waals surface area contributed by atoms with Crippen LogP contribution < -0.4 is 4.74 Å². The minimum Gasteiger partial charge on any atom is -0.479 e. The quantitative estimate of drug-likeness (QED) is 0.665. The van der Waals surface area contributed by atoms with Crippen LogP contribution in [0.25, 0.3) is 0 Å². The Balaban J connectivity index is 3.18. The number of carboxylic acids is 1. The summed E-state index contributed by atoms with van der Waals surface area (Å²) in [6, 6.07) is 1.72.